The third-order valence-corrected chi connectivity index (χ3v) is 8.88. The van der Waals surface area contributed by atoms with E-state index in [1.807, 2.05) is 34.9 Å². The van der Waals surface area contributed by atoms with Gasteiger partial charge in [0, 0.05) is 41.6 Å². The summed E-state index contributed by atoms with van der Waals surface area (Å²) in [7, 11) is 0. The maximum absolute atomic E-state index is 14.5. The van der Waals surface area contributed by atoms with Crippen molar-refractivity contribution in [1.82, 2.24) is 14.9 Å². The van der Waals surface area contributed by atoms with Crippen LogP contribution >= 0.6 is 0 Å². The zero-order valence-corrected chi connectivity index (χ0v) is 24.7. The number of carboxylic acids is 1. The second-order valence-corrected chi connectivity index (χ2v) is 12.2. The number of hydrogen-bond acceptors (Lipinski definition) is 4. The molecule has 2 heterocycles. The predicted octanol–water partition coefficient (Wildman–Crippen LogP) is 6.03. The molecule has 226 valence electrons. The normalized spacial score (nSPS) is 14.4. The van der Waals surface area contributed by atoms with Crippen molar-refractivity contribution in [3.63, 3.8) is 0 Å². The van der Waals surface area contributed by atoms with Gasteiger partial charge in [-0.3, -0.25) is 9.78 Å². The highest BCUT2D eigenvalue weighted by Crippen LogP contribution is 2.44. The van der Waals surface area contributed by atoms with Crippen molar-refractivity contribution < 1.29 is 19.1 Å². The number of nitrogens with one attached hydrogen (secondary N) is 1. The monoisotopic (exact) mass is 600 g/mol. The first kappa shape index (κ1) is 28.7. The van der Waals surface area contributed by atoms with E-state index in [1.165, 1.54) is 17.7 Å². The number of pyridine rings is 1. The van der Waals surface area contributed by atoms with Gasteiger partial charge >= 0.3 is 5.97 Å². The summed E-state index contributed by atoms with van der Waals surface area (Å²) in [4.78, 5) is 30.7. The van der Waals surface area contributed by atoms with Gasteiger partial charge in [-0.05, 0) is 84.2 Å². The van der Waals surface area contributed by atoms with Gasteiger partial charge in [0.2, 0.25) is 0 Å². The van der Waals surface area contributed by atoms with E-state index >= 15 is 0 Å². The fraction of sp³-hybridized carbons (Fsp3) is 0.216. The third-order valence-electron chi connectivity index (χ3n) is 8.88. The van der Waals surface area contributed by atoms with Crippen LogP contribution in [0, 0.1) is 5.82 Å². The third kappa shape index (κ3) is 5.77. The minimum absolute atomic E-state index is 0.217. The lowest BCUT2D eigenvalue weighted by molar-refractivity contribution is 0.0694. The lowest BCUT2D eigenvalue weighted by Crippen LogP contribution is -2.27. The maximum Gasteiger partial charge on any atom is 0.337 e. The average Bonchev–Trinajstić information content (AvgIpc) is 3.67. The maximum atomic E-state index is 14.5. The fourth-order valence-corrected chi connectivity index (χ4v) is 6.43. The highest BCUT2D eigenvalue weighted by Gasteiger charge is 2.42. The lowest BCUT2D eigenvalue weighted by atomic mass is 9.88. The van der Waals surface area contributed by atoms with Crippen LogP contribution < -0.4 is 11.1 Å². The van der Waals surface area contributed by atoms with Crippen molar-refractivity contribution in [2.75, 3.05) is 0 Å². The molecule has 1 saturated carbocycles. The largest absolute Gasteiger partial charge is 0.478 e. The van der Waals surface area contributed by atoms with Crippen molar-refractivity contribution in [2.45, 2.75) is 50.6 Å². The lowest BCUT2D eigenvalue weighted by Gasteiger charge is -2.21. The molecule has 2 aliphatic carbocycles. The topological polar surface area (TPSA) is 110 Å². The van der Waals surface area contributed by atoms with Gasteiger partial charge in [-0.15, -0.1) is 0 Å². The summed E-state index contributed by atoms with van der Waals surface area (Å²) in [6.07, 6.45) is 5.51. The number of carboxylic acid groups (broad SMARTS) is 1. The van der Waals surface area contributed by atoms with Crippen LogP contribution in [0.5, 0.6) is 0 Å². The van der Waals surface area contributed by atoms with Crippen LogP contribution in [0.4, 0.5) is 4.39 Å². The second kappa shape index (κ2) is 11.4. The summed E-state index contributed by atoms with van der Waals surface area (Å²) in [5.41, 5.74) is 13.9. The van der Waals surface area contributed by atoms with Crippen molar-refractivity contribution in [2.24, 2.45) is 5.73 Å². The smallest absolute Gasteiger partial charge is 0.337 e. The Balaban J connectivity index is 1.23. The fourth-order valence-electron chi connectivity index (χ4n) is 6.43. The zero-order chi connectivity index (χ0) is 31.1. The van der Waals surface area contributed by atoms with Crippen LogP contribution in [0.25, 0.3) is 16.9 Å². The van der Waals surface area contributed by atoms with Crippen molar-refractivity contribution in [1.29, 1.82) is 0 Å². The van der Waals surface area contributed by atoms with Crippen molar-refractivity contribution in [3.8, 4) is 16.9 Å². The number of aromatic nitrogens is 2. The van der Waals surface area contributed by atoms with E-state index in [0.29, 0.717) is 48.4 Å². The molecule has 7 rings (SSSR count). The average molecular weight is 601 g/mol. The van der Waals surface area contributed by atoms with E-state index in [9.17, 15) is 19.1 Å². The highest BCUT2D eigenvalue weighted by atomic mass is 19.1. The Morgan fingerprint density at radius 1 is 0.933 bits per heavy atom. The van der Waals surface area contributed by atoms with Gasteiger partial charge in [-0.1, -0.05) is 60.7 Å². The van der Waals surface area contributed by atoms with E-state index in [-0.39, 0.29) is 17.2 Å². The molecule has 0 unspecified atom stereocenters. The summed E-state index contributed by atoms with van der Waals surface area (Å²) >= 11 is 0. The minimum Gasteiger partial charge on any atom is -0.478 e. The molecule has 0 saturated heterocycles. The molecular weight excluding hydrogens is 567 g/mol. The first-order valence-corrected chi connectivity index (χ1v) is 15.2. The summed E-state index contributed by atoms with van der Waals surface area (Å²) < 4.78 is 16.4. The number of rotatable bonds is 9. The molecular formula is C37H33FN4O3. The molecule has 5 aromatic rings. The van der Waals surface area contributed by atoms with Gasteiger partial charge in [0.05, 0.1) is 11.3 Å². The summed E-state index contributed by atoms with van der Waals surface area (Å²) in [6, 6.07) is 26.2. The molecule has 0 bridgehead atoms. The number of hydrogen-bond donors (Lipinski definition) is 3. The van der Waals surface area contributed by atoms with Gasteiger partial charge in [0.25, 0.3) is 5.91 Å². The zero-order valence-electron chi connectivity index (χ0n) is 24.7. The molecule has 7 nitrogen and oxygen atoms in total. The van der Waals surface area contributed by atoms with Crippen LogP contribution in [0.3, 0.4) is 0 Å². The molecule has 2 aliphatic rings. The van der Waals surface area contributed by atoms with Gasteiger partial charge in [0.15, 0.2) is 0 Å². The Morgan fingerprint density at radius 2 is 1.69 bits per heavy atom. The molecule has 3 aromatic carbocycles. The Kier molecular flexibility index (Phi) is 7.30. The number of nitrogens with two attached hydrogens (primary N) is 1. The van der Waals surface area contributed by atoms with Crippen molar-refractivity contribution in [3.05, 3.63) is 142 Å². The van der Waals surface area contributed by atoms with E-state index < -0.39 is 17.3 Å². The van der Waals surface area contributed by atoms with Gasteiger partial charge in [-0.25, -0.2) is 9.18 Å². The minimum atomic E-state index is -1.04. The molecule has 8 heteroatoms. The Bertz CT molecular complexity index is 1950. The van der Waals surface area contributed by atoms with E-state index in [0.717, 1.165) is 41.5 Å². The molecule has 4 N–H and O–H groups in total. The molecule has 1 amide bonds. The SMILES string of the molecule is NC1(Cc2c(C(=O)O)c3c(n2-c2cccc(F)c2)-c2cc(C(=O)NCc4cccc(Cc5ccccc5)c4)ncc2CC3)CC1. The Morgan fingerprint density at radius 3 is 2.44 bits per heavy atom. The quantitative estimate of drug-likeness (QED) is 0.191. The number of benzene rings is 3. The number of carbonyl (C=O) groups excluding carboxylic acids is 1. The van der Waals surface area contributed by atoms with E-state index in [4.69, 9.17) is 5.73 Å². The van der Waals surface area contributed by atoms with Crippen LogP contribution in [0.1, 0.15) is 67.2 Å². The molecule has 45 heavy (non-hydrogen) atoms. The highest BCUT2D eigenvalue weighted by molar-refractivity contribution is 5.97. The first-order chi connectivity index (χ1) is 21.8. The number of aromatic carboxylic acids is 1. The summed E-state index contributed by atoms with van der Waals surface area (Å²) in [5, 5.41) is 13.4. The number of carbonyl (C=O) groups is 2. The van der Waals surface area contributed by atoms with E-state index in [2.05, 4.69) is 34.6 Å². The van der Waals surface area contributed by atoms with Crippen LogP contribution in [-0.2, 0) is 32.2 Å². The van der Waals surface area contributed by atoms with Crippen LogP contribution in [0.15, 0.2) is 91.1 Å². The number of amides is 1. The standard InChI is InChI=1S/C37H33FN4O3/c38-27-10-5-11-28(18-27)42-32(20-37(39)14-15-37)33(36(44)45)29-13-12-26-22-40-31(19-30(26)34(29)42)35(43)41-21-25-9-4-8-24(17-25)16-23-6-2-1-3-7-23/h1-11,17-19,22H,12-16,20-21,39H2,(H,41,43)(H,44,45). The molecule has 1 fully saturated rings. The van der Waals surface area contributed by atoms with Gasteiger partial charge in [-0.2, -0.15) is 0 Å². The number of nitrogens with zero attached hydrogens (tertiary/aromatic N) is 2. The predicted molar refractivity (Wildman–Crippen MR) is 170 cm³/mol. The second-order valence-electron chi connectivity index (χ2n) is 12.2. The van der Waals surface area contributed by atoms with Gasteiger partial charge in [0.1, 0.15) is 11.5 Å². The summed E-state index contributed by atoms with van der Waals surface area (Å²) in [5.74, 6) is -1.80. The number of aryl methyl sites for hydroxylation is 1. The van der Waals surface area contributed by atoms with E-state index in [1.54, 1.807) is 24.4 Å². The molecule has 2 aromatic heterocycles. The van der Waals surface area contributed by atoms with Gasteiger partial charge < -0.3 is 20.7 Å². The number of fused-ring (bicyclic) bond motifs is 3. The Hall–Kier alpha value is -5.08. The molecule has 0 spiro atoms. The molecule has 0 radical (unpaired) electrons. The van der Waals surface area contributed by atoms with Crippen LogP contribution in [0.2, 0.25) is 0 Å². The Labute approximate surface area is 260 Å². The number of halogens is 1. The molecule has 0 atom stereocenters. The first-order valence-electron chi connectivity index (χ1n) is 15.2. The van der Waals surface area contributed by atoms with Crippen molar-refractivity contribution >= 4 is 11.9 Å². The summed E-state index contributed by atoms with van der Waals surface area (Å²) in [6.45, 7) is 0.330. The van der Waals surface area contributed by atoms with Crippen LogP contribution in [-0.4, -0.2) is 32.1 Å². The molecule has 0 aliphatic heterocycles.